The molecule has 1 atom stereocenters. The van der Waals surface area contributed by atoms with Gasteiger partial charge in [0.25, 0.3) is 0 Å². The molecule has 0 radical (unpaired) electrons. The molecule has 1 rings (SSSR count). The molecule has 0 aromatic rings. The van der Waals surface area contributed by atoms with Gasteiger partial charge in [0, 0.05) is 17.1 Å². The summed E-state index contributed by atoms with van der Waals surface area (Å²) in [5, 5.41) is 10.1. The Morgan fingerprint density at radius 2 is 2.31 bits per heavy atom. The molecule has 1 aliphatic rings. The molecule has 16 heavy (non-hydrogen) atoms. The van der Waals surface area contributed by atoms with Crippen molar-refractivity contribution in [2.75, 3.05) is 5.75 Å². The van der Waals surface area contributed by atoms with E-state index in [4.69, 9.17) is 0 Å². The van der Waals surface area contributed by atoms with Gasteiger partial charge < -0.3 is 5.11 Å². The Kier molecular flexibility index (Phi) is 5.29. The molecule has 0 aliphatic heterocycles. The summed E-state index contributed by atoms with van der Waals surface area (Å²) in [5.74, 6) is 0.809. The Morgan fingerprint density at radius 3 is 2.88 bits per heavy atom. The first-order valence-electron chi connectivity index (χ1n) is 5.79. The molecule has 90 valence electrons. The van der Waals surface area contributed by atoms with Gasteiger partial charge in [-0.25, -0.2) is 0 Å². The highest BCUT2D eigenvalue weighted by atomic mass is 32.2. The highest BCUT2D eigenvalue weighted by Gasteiger charge is 2.22. The molecule has 0 aromatic heterocycles. The van der Waals surface area contributed by atoms with E-state index < -0.39 is 5.60 Å². The molecule has 0 aromatic carbocycles. The Hall–Kier alpha value is -0.540. The normalized spacial score (nSPS) is 20.2. The van der Waals surface area contributed by atoms with Crippen molar-refractivity contribution in [1.82, 2.24) is 0 Å². The van der Waals surface area contributed by atoms with Gasteiger partial charge in [0.2, 0.25) is 0 Å². The van der Waals surface area contributed by atoms with Crippen molar-refractivity contribution in [2.24, 2.45) is 0 Å². The maximum atomic E-state index is 11.4. The number of ketones is 1. The number of hydrogen-bond acceptors (Lipinski definition) is 3. The van der Waals surface area contributed by atoms with Gasteiger partial charge in [0.05, 0.1) is 5.60 Å². The Bertz CT molecular complexity index is 303. The van der Waals surface area contributed by atoms with Gasteiger partial charge in [-0.1, -0.05) is 25.2 Å². The first kappa shape index (κ1) is 13.5. The number of carbonyl (C=O) groups is 1. The number of carbonyl (C=O) groups excluding carboxylic acids is 1. The van der Waals surface area contributed by atoms with Crippen LogP contribution in [0, 0.1) is 0 Å². The smallest absolute Gasteiger partial charge is 0.169 e. The zero-order chi connectivity index (χ0) is 12.0. The molecule has 0 bridgehead atoms. The van der Waals surface area contributed by atoms with Crippen molar-refractivity contribution in [3.63, 3.8) is 0 Å². The van der Waals surface area contributed by atoms with Gasteiger partial charge in [-0.15, -0.1) is 11.8 Å². The van der Waals surface area contributed by atoms with E-state index in [-0.39, 0.29) is 5.78 Å². The van der Waals surface area contributed by atoms with Gasteiger partial charge in [0.15, 0.2) is 5.78 Å². The summed E-state index contributed by atoms with van der Waals surface area (Å²) in [6.07, 6.45) is 9.18. The number of hydrogen-bond donors (Lipinski definition) is 1. The minimum atomic E-state index is -0.722. The van der Waals surface area contributed by atoms with Crippen molar-refractivity contribution in [1.29, 1.82) is 0 Å². The molecule has 0 saturated carbocycles. The lowest BCUT2D eigenvalue weighted by Crippen LogP contribution is -2.26. The molecule has 0 fully saturated rings. The van der Waals surface area contributed by atoms with Crippen molar-refractivity contribution in [3.8, 4) is 0 Å². The van der Waals surface area contributed by atoms with Crippen LogP contribution in [0.2, 0.25) is 0 Å². The van der Waals surface area contributed by atoms with Crippen LogP contribution in [0.15, 0.2) is 23.1 Å². The van der Waals surface area contributed by atoms with Crippen molar-refractivity contribution in [2.45, 2.75) is 45.1 Å². The lowest BCUT2D eigenvalue weighted by atomic mass is 10.1. The molecule has 1 N–H and O–H groups in total. The average molecular weight is 240 g/mol. The van der Waals surface area contributed by atoms with Gasteiger partial charge in [-0.3, -0.25) is 4.79 Å². The average Bonchev–Trinajstić information content (AvgIpc) is 2.62. The number of Topliss-reactive ketones (excluding diaryl/α,β-unsaturated/α-hetero) is 1. The molecule has 0 spiro atoms. The monoisotopic (exact) mass is 240 g/mol. The quantitative estimate of drug-likeness (QED) is 0.725. The number of allylic oxidation sites excluding steroid dienone is 3. The maximum absolute atomic E-state index is 11.4. The Labute approximate surface area is 102 Å². The summed E-state index contributed by atoms with van der Waals surface area (Å²) in [5.41, 5.74) is -0.722. The molecule has 3 heteroatoms. The third-order valence-electron chi connectivity index (χ3n) is 2.47. The van der Waals surface area contributed by atoms with E-state index in [1.54, 1.807) is 0 Å². The van der Waals surface area contributed by atoms with Gasteiger partial charge >= 0.3 is 0 Å². The van der Waals surface area contributed by atoms with Crippen molar-refractivity contribution >= 4 is 17.5 Å². The molecule has 2 nitrogen and oxygen atoms in total. The third kappa shape index (κ3) is 4.54. The fraction of sp³-hybridized carbons (Fsp3) is 0.615. The first-order chi connectivity index (χ1) is 7.55. The van der Waals surface area contributed by atoms with E-state index >= 15 is 0 Å². The molecular formula is C13H20O2S. The molecule has 0 heterocycles. The summed E-state index contributed by atoms with van der Waals surface area (Å²) >= 11 is 1.48. The number of rotatable bonds is 6. The molecule has 1 aliphatic carbocycles. The minimum Gasteiger partial charge on any atom is -0.389 e. The Morgan fingerprint density at radius 1 is 1.56 bits per heavy atom. The van der Waals surface area contributed by atoms with Crippen LogP contribution in [0.25, 0.3) is 0 Å². The second kappa shape index (κ2) is 6.26. The van der Waals surface area contributed by atoms with Gasteiger partial charge in [-0.05, 0) is 26.2 Å². The van der Waals surface area contributed by atoms with Crippen LogP contribution in [0.5, 0.6) is 0 Å². The van der Waals surface area contributed by atoms with E-state index in [2.05, 4.69) is 13.0 Å². The second-order valence-electron chi connectivity index (χ2n) is 4.40. The van der Waals surface area contributed by atoms with Crippen LogP contribution in [0.1, 0.15) is 39.5 Å². The maximum Gasteiger partial charge on any atom is 0.169 e. The van der Waals surface area contributed by atoms with E-state index in [0.29, 0.717) is 18.6 Å². The summed E-state index contributed by atoms with van der Waals surface area (Å²) in [6.45, 7) is 3.89. The van der Waals surface area contributed by atoms with Gasteiger partial charge in [0.1, 0.15) is 0 Å². The topological polar surface area (TPSA) is 37.3 Å². The van der Waals surface area contributed by atoms with Crippen molar-refractivity contribution < 1.29 is 9.90 Å². The summed E-state index contributed by atoms with van der Waals surface area (Å²) < 4.78 is 0. The lowest BCUT2D eigenvalue weighted by molar-refractivity contribution is -0.114. The zero-order valence-electron chi connectivity index (χ0n) is 10.0. The van der Waals surface area contributed by atoms with Crippen LogP contribution < -0.4 is 0 Å². The summed E-state index contributed by atoms with van der Waals surface area (Å²) in [4.78, 5) is 12.2. The standard InChI is InChI=1S/C13H20O2S/c1-3-4-5-9-13(2,15)10-16-12-8-6-7-11(12)14/h4-5,8,15H,3,6-7,9-10H2,1-2H3/b5-4+. The largest absolute Gasteiger partial charge is 0.389 e. The SMILES string of the molecule is CC/C=C/CC(C)(O)CSC1=CCCC1=O. The highest BCUT2D eigenvalue weighted by molar-refractivity contribution is 8.04. The number of thioether (sulfide) groups is 1. The summed E-state index contributed by atoms with van der Waals surface area (Å²) in [6, 6.07) is 0. The van der Waals surface area contributed by atoms with Crippen LogP contribution in [-0.4, -0.2) is 22.2 Å². The molecule has 0 amide bonds. The lowest BCUT2D eigenvalue weighted by Gasteiger charge is -2.21. The van der Waals surface area contributed by atoms with E-state index in [9.17, 15) is 9.90 Å². The van der Waals surface area contributed by atoms with Gasteiger partial charge in [-0.2, -0.15) is 0 Å². The summed E-state index contributed by atoms with van der Waals surface area (Å²) in [7, 11) is 0. The second-order valence-corrected chi connectivity index (χ2v) is 5.42. The number of aliphatic hydroxyl groups is 1. The van der Waals surface area contributed by atoms with Crippen LogP contribution in [0.3, 0.4) is 0 Å². The van der Waals surface area contributed by atoms with E-state index in [1.807, 2.05) is 19.1 Å². The first-order valence-corrected chi connectivity index (χ1v) is 6.77. The molecule has 0 saturated heterocycles. The highest BCUT2D eigenvalue weighted by Crippen LogP contribution is 2.29. The van der Waals surface area contributed by atoms with E-state index in [1.165, 1.54) is 11.8 Å². The minimum absolute atomic E-state index is 0.227. The third-order valence-corrected chi connectivity index (χ3v) is 3.95. The zero-order valence-corrected chi connectivity index (χ0v) is 10.8. The van der Waals surface area contributed by atoms with Crippen LogP contribution in [0.4, 0.5) is 0 Å². The molecular weight excluding hydrogens is 220 g/mol. The fourth-order valence-corrected chi connectivity index (χ4v) is 2.59. The molecule has 1 unspecified atom stereocenters. The van der Waals surface area contributed by atoms with Crippen LogP contribution in [-0.2, 0) is 4.79 Å². The van der Waals surface area contributed by atoms with E-state index in [0.717, 1.165) is 17.7 Å². The Balaban J connectivity index is 2.35. The predicted octanol–water partition coefficient (Wildman–Crippen LogP) is 3.07. The predicted molar refractivity (Wildman–Crippen MR) is 69.5 cm³/mol. The van der Waals surface area contributed by atoms with Crippen molar-refractivity contribution in [3.05, 3.63) is 23.1 Å². The fourth-order valence-electron chi connectivity index (χ4n) is 1.51. The van der Waals surface area contributed by atoms with Crippen LogP contribution >= 0.6 is 11.8 Å².